The zero-order valence-corrected chi connectivity index (χ0v) is 13.1. The molecule has 0 saturated carbocycles. The first-order chi connectivity index (χ1) is 11.2. The quantitative estimate of drug-likeness (QED) is 0.873. The van der Waals surface area contributed by atoms with Crippen molar-refractivity contribution < 1.29 is 4.74 Å². The number of nitrogens with zero attached hydrogens (tertiary/aromatic N) is 4. The summed E-state index contributed by atoms with van der Waals surface area (Å²) in [5, 5.41) is 18.1. The maximum Gasteiger partial charge on any atom is 0.120 e. The van der Waals surface area contributed by atoms with Crippen molar-refractivity contribution >= 4 is 0 Å². The van der Waals surface area contributed by atoms with Crippen LogP contribution in [0.3, 0.4) is 0 Å². The second-order valence-corrected chi connectivity index (χ2v) is 5.79. The number of benzene rings is 1. The predicted molar refractivity (Wildman–Crippen MR) is 85.3 cm³/mol. The van der Waals surface area contributed by atoms with Gasteiger partial charge in [-0.15, -0.1) is 0 Å². The Balaban J connectivity index is 1.70. The van der Waals surface area contributed by atoms with Gasteiger partial charge in [0.25, 0.3) is 0 Å². The zero-order chi connectivity index (χ0) is 16.2. The summed E-state index contributed by atoms with van der Waals surface area (Å²) in [6.07, 6.45) is 1.98. The lowest BCUT2D eigenvalue weighted by Crippen LogP contribution is -2.37. The number of hydrogen-bond acceptors (Lipinski definition) is 4. The Hall–Kier alpha value is -2.60. The molecular formula is C18H18N4O. The summed E-state index contributed by atoms with van der Waals surface area (Å²) in [4.78, 5) is 2.32. The van der Waals surface area contributed by atoms with Crippen molar-refractivity contribution in [3.05, 3.63) is 58.9 Å². The first kappa shape index (κ1) is 15.3. The summed E-state index contributed by atoms with van der Waals surface area (Å²) in [7, 11) is 1.89. The number of nitriles is 2. The van der Waals surface area contributed by atoms with E-state index in [4.69, 9.17) is 15.3 Å². The van der Waals surface area contributed by atoms with Gasteiger partial charge in [-0.1, -0.05) is 12.1 Å². The highest BCUT2D eigenvalue weighted by atomic mass is 16.5. The number of hydrogen-bond donors (Lipinski definition) is 0. The van der Waals surface area contributed by atoms with Gasteiger partial charge < -0.3 is 9.30 Å². The van der Waals surface area contributed by atoms with Crippen molar-refractivity contribution in [3.8, 4) is 12.1 Å². The molecule has 1 aromatic carbocycles. The summed E-state index contributed by atoms with van der Waals surface area (Å²) >= 11 is 0. The van der Waals surface area contributed by atoms with Crippen molar-refractivity contribution in [2.45, 2.75) is 12.6 Å². The molecule has 0 radical (unpaired) electrons. The van der Waals surface area contributed by atoms with Crippen LogP contribution < -0.4 is 0 Å². The van der Waals surface area contributed by atoms with Crippen LogP contribution in [-0.4, -0.2) is 29.2 Å². The van der Waals surface area contributed by atoms with Crippen LogP contribution in [0.15, 0.2) is 36.5 Å². The average molecular weight is 306 g/mol. The molecule has 0 N–H and O–H groups in total. The molecule has 1 fully saturated rings. The molecule has 0 amide bonds. The van der Waals surface area contributed by atoms with Gasteiger partial charge in [0.15, 0.2) is 0 Å². The topological polar surface area (TPSA) is 65.0 Å². The van der Waals surface area contributed by atoms with Gasteiger partial charge in [-0.05, 0) is 29.3 Å². The third-order valence-corrected chi connectivity index (χ3v) is 4.12. The molecule has 1 aliphatic rings. The number of morpholine rings is 1. The fourth-order valence-electron chi connectivity index (χ4n) is 2.95. The van der Waals surface area contributed by atoms with Crippen LogP contribution in [-0.2, 0) is 18.3 Å². The van der Waals surface area contributed by atoms with Crippen LogP contribution in [0.5, 0.6) is 0 Å². The van der Waals surface area contributed by atoms with Crippen LogP contribution >= 0.6 is 0 Å². The number of ether oxygens (including phenoxy) is 1. The molecule has 2 heterocycles. The van der Waals surface area contributed by atoms with E-state index < -0.39 is 0 Å². The van der Waals surface area contributed by atoms with E-state index in [1.54, 1.807) is 6.07 Å². The van der Waals surface area contributed by atoms with Crippen LogP contribution in [0.4, 0.5) is 0 Å². The van der Waals surface area contributed by atoms with E-state index in [9.17, 15) is 0 Å². The molecule has 1 atom stereocenters. The second-order valence-electron chi connectivity index (χ2n) is 5.79. The Kier molecular flexibility index (Phi) is 4.43. The molecule has 5 nitrogen and oxygen atoms in total. The van der Waals surface area contributed by atoms with Crippen molar-refractivity contribution in [3.63, 3.8) is 0 Å². The lowest BCUT2D eigenvalue weighted by Gasteiger charge is -2.33. The van der Waals surface area contributed by atoms with E-state index in [0.29, 0.717) is 17.9 Å². The molecule has 1 aliphatic heterocycles. The van der Waals surface area contributed by atoms with Crippen molar-refractivity contribution in [2.75, 3.05) is 19.7 Å². The summed E-state index contributed by atoms with van der Waals surface area (Å²) in [6.45, 7) is 3.11. The van der Waals surface area contributed by atoms with Gasteiger partial charge in [0, 0.05) is 32.9 Å². The molecule has 1 saturated heterocycles. The summed E-state index contributed by atoms with van der Waals surface area (Å²) in [5.41, 5.74) is 3.51. The summed E-state index contributed by atoms with van der Waals surface area (Å²) in [5.74, 6) is 0. The van der Waals surface area contributed by atoms with E-state index in [1.807, 2.05) is 42.1 Å². The third-order valence-electron chi connectivity index (χ3n) is 4.12. The molecule has 23 heavy (non-hydrogen) atoms. The van der Waals surface area contributed by atoms with Crippen molar-refractivity contribution in [1.82, 2.24) is 9.47 Å². The molecular weight excluding hydrogens is 288 g/mol. The Bertz CT molecular complexity index is 781. The molecule has 116 valence electrons. The lowest BCUT2D eigenvalue weighted by atomic mass is 10.0. The highest BCUT2D eigenvalue weighted by Crippen LogP contribution is 2.24. The Morgan fingerprint density at radius 2 is 2.13 bits per heavy atom. The number of aryl methyl sites for hydroxylation is 1. The van der Waals surface area contributed by atoms with Crippen molar-refractivity contribution in [2.24, 2.45) is 7.05 Å². The van der Waals surface area contributed by atoms with E-state index in [2.05, 4.69) is 17.0 Å². The van der Waals surface area contributed by atoms with Crippen LogP contribution in [0, 0.1) is 22.7 Å². The highest BCUT2D eigenvalue weighted by Gasteiger charge is 2.22. The molecule has 1 unspecified atom stereocenters. The van der Waals surface area contributed by atoms with Gasteiger partial charge in [-0.3, -0.25) is 4.90 Å². The Morgan fingerprint density at radius 1 is 1.26 bits per heavy atom. The molecule has 0 bridgehead atoms. The first-order valence-corrected chi connectivity index (χ1v) is 7.59. The minimum Gasteiger partial charge on any atom is -0.371 e. The molecule has 2 aromatic rings. The SMILES string of the molecule is Cn1cc(CN2CCOC(c3cccc(C#N)c3)C2)cc1C#N. The molecule has 1 aromatic heterocycles. The third kappa shape index (κ3) is 3.43. The zero-order valence-electron chi connectivity index (χ0n) is 13.1. The van der Waals surface area contributed by atoms with Gasteiger partial charge in [-0.2, -0.15) is 10.5 Å². The van der Waals surface area contributed by atoms with E-state index in [0.717, 1.165) is 30.8 Å². The fourth-order valence-corrected chi connectivity index (χ4v) is 2.95. The minimum atomic E-state index is -0.0174. The monoisotopic (exact) mass is 306 g/mol. The van der Waals surface area contributed by atoms with Gasteiger partial charge in [0.2, 0.25) is 0 Å². The largest absolute Gasteiger partial charge is 0.371 e. The van der Waals surface area contributed by atoms with Gasteiger partial charge in [-0.25, -0.2) is 0 Å². The van der Waals surface area contributed by atoms with E-state index in [-0.39, 0.29) is 6.10 Å². The maximum atomic E-state index is 9.05. The standard InChI is InChI=1S/C18H18N4O/c1-21-11-15(8-17(21)10-20)12-22-5-6-23-18(13-22)16-4-2-3-14(7-16)9-19/h2-4,7-8,11,18H,5-6,12-13H2,1H3. The van der Waals surface area contributed by atoms with Crippen molar-refractivity contribution in [1.29, 1.82) is 10.5 Å². The predicted octanol–water partition coefficient (Wildman–Crippen LogP) is 2.34. The van der Waals surface area contributed by atoms with Gasteiger partial charge in [0.05, 0.1) is 24.3 Å². The van der Waals surface area contributed by atoms with Crippen LogP contribution in [0.25, 0.3) is 0 Å². The summed E-state index contributed by atoms with van der Waals surface area (Å²) in [6, 6.07) is 13.9. The second kappa shape index (κ2) is 6.66. The molecule has 0 spiro atoms. The lowest BCUT2D eigenvalue weighted by molar-refractivity contribution is -0.0329. The van der Waals surface area contributed by atoms with E-state index in [1.165, 1.54) is 0 Å². The minimum absolute atomic E-state index is 0.0174. The smallest absolute Gasteiger partial charge is 0.120 e. The molecule has 5 heteroatoms. The summed E-state index contributed by atoms with van der Waals surface area (Å²) < 4.78 is 7.72. The maximum absolute atomic E-state index is 9.05. The first-order valence-electron chi connectivity index (χ1n) is 7.59. The number of aromatic nitrogens is 1. The van der Waals surface area contributed by atoms with Crippen LogP contribution in [0.1, 0.15) is 28.5 Å². The van der Waals surface area contributed by atoms with E-state index >= 15 is 0 Å². The van der Waals surface area contributed by atoms with Gasteiger partial charge in [0.1, 0.15) is 11.8 Å². The Morgan fingerprint density at radius 3 is 2.87 bits per heavy atom. The molecule has 0 aliphatic carbocycles. The number of rotatable bonds is 3. The Labute approximate surface area is 135 Å². The van der Waals surface area contributed by atoms with Crippen LogP contribution in [0.2, 0.25) is 0 Å². The molecule has 3 rings (SSSR count). The van der Waals surface area contributed by atoms with Gasteiger partial charge >= 0.3 is 0 Å². The average Bonchev–Trinajstić information content (AvgIpc) is 2.94. The normalized spacial score (nSPS) is 18.3. The fraction of sp³-hybridized carbons (Fsp3) is 0.333. The highest BCUT2D eigenvalue weighted by molar-refractivity contribution is 5.34.